The predicted octanol–water partition coefficient (Wildman–Crippen LogP) is 2.66. The normalized spacial score (nSPS) is 14.7. The predicted molar refractivity (Wildman–Crippen MR) is 171 cm³/mol. The molecule has 0 spiro atoms. The van der Waals surface area contributed by atoms with Crippen molar-refractivity contribution in [1.29, 1.82) is 0 Å². The zero-order chi connectivity index (χ0) is 32.5. The van der Waals surface area contributed by atoms with Gasteiger partial charge in [-0.25, -0.2) is 0 Å². The van der Waals surface area contributed by atoms with Crippen LogP contribution in [-0.4, -0.2) is 112 Å². The molecule has 3 atom stereocenters. The van der Waals surface area contributed by atoms with E-state index in [2.05, 4.69) is 21.3 Å². The third kappa shape index (κ3) is 20.6. The molecule has 0 radical (unpaired) electrons. The number of amides is 4. The molecule has 0 aromatic carbocycles. The van der Waals surface area contributed by atoms with Crippen LogP contribution < -0.4 is 21.3 Å². The van der Waals surface area contributed by atoms with Crippen molar-refractivity contribution in [3.63, 3.8) is 0 Å². The standard InChI is InChI=1S/C28H50Cl4N4O7/c1-21(15-30)25(38)33-9-4-12-41-18-28(36-24(37)7-8-29,19-42-13-5-10-34-26(39)22(2)16-31)20-43-14-6-11-35-27(40)23(3)17-32/h21-23H,4-20H2,1-3H3,(H,33,38)(H,34,39)(H,35,40)(H,36,37). The molecule has 0 heterocycles. The van der Waals surface area contributed by atoms with Crippen LogP contribution in [0.25, 0.3) is 0 Å². The first-order valence-corrected chi connectivity index (χ1v) is 16.8. The summed E-state index contributed by atoms with van der Waals surface area (Å²) < 4.78 is 17.8. The van der Waals surface area contributed by atoms with Crippen LogP contribution in [0, 0.1) is 17.8 Å². The number of carbonyl (C=O) groups is 4. The van der Waals surface area contributed by atoms with Gasteiger partial charge in [-0.1, -0.05) is 20.8 Å². The van der Waals surface area contributed by atoms with E-state index in [1.807, 2.05) is 0 Å². The third-order valence-electron chi connectivity index (χ3n) is 6.19. The van der Waals surface area contributed by atoms with Gasteiger partial charge >= 0.3 is 0 Å². The number of rotatable bonds is 27. The number of halogens is 4. The topological polar surface area (TPSA) is 144 Å². The van der Waals surface area contributed by atoms with Gasteiger partial charge in [-0.05, 0) is 19.3 Å². The Hall–Kier alpha value is -1.08. The minimum absolute atomic E-state index is 0.0843. The second-order valence-electron chi connectivity index (χ2n) is 10.5. The fraction of sp³-hybridized carbons (Fsp3) is 0.857. The summed E-state index contributed by atoms with van der Waals surface area (Å²) in [6, 6.07) is 0. The monoisotopic (exact) mass is 694 g/mol. The van der Waals surface area contributed by atoms with E-state index in [0.717, 1.165) is 0 Å². The number of carbonyl (C=O) groups excluding carboxylic acids is 4. The fourth-order valence-corrected chi connectivity index (χ4v) is 3.96. The summed E-state index contributed by atoms with van der Waals surface area (Å²) >= 11 is 23.0. The Labute approximate surface area is 276 Å². The highest BCUT2D eigenvalue weighted by atomic mass is 35.5. The maximum absolute atomic E-state index is 12.6. The summed E-state index contributed by atoms with van der Waals surface area (Å²) in [7, 11) is 0. The van der Waals surface area contributed by atoms with Crippen LogP contribution in [0.15, 0.2) is 0 Å². The molecule has 0 rings (SSSR count). The quantitative estimate of drug-likeness (QED) is 0.0764. The number of ether oxygens (including phenoxy) is 3. The van der Waals surface area contributed by atoms with E-state index in [0.29, 0.717) is 58.7 Å². The third-order valence-corrected chi connectivity index (χ3v) is 7.77. The van der Waals surface area contributed by atoms with E-state index >= 15 is 0 Å². The summed E-state index contributed by atoms with van der Waals surface area (Å²) in [4.78, 5) is 48.4. The highest BCUT2D eigenvalue weighted by molar-refractivity contribution is 6.20. The van der Waals surface area contributed by atoms with Crippen LogP contribution in [0.4, 0.5) is 0 Å². The maximum atomic E-state index is 12.6. The Bertz CT molecular complexity index is 715. The SMILES string of the molecule is CC(CCl)C(=O)NCCCOCC(COCCCNC(=O)C(C)CCl)(COCCCNC(=O)C(C)CCl)NC(=O)CCCl. The molecule has 0 bridgehead atoms. The van der Waals surface area contributed by atoms with Crippen LogP contribution >= 0.6 is 46.4 Å². The Morgan fingerprint density at radius 2 is 0.930 bits per heavy atom. The molecular formula is C28H50Cl4N4O7. The minimum Gasteiger partial charge on any atom is -0.379 e. The molecule has 0 aromatic rings. The van der Waals surface area contributed by atoms with Crippen LogP contribution in [0.1, 0.15) is 46.5 Å². The highest BCUT2D eigenvalue weighted by Crippen LogP contribution is 2.11. The molecule has 252 valence electrons. The van der Waals surface area contributed by atoms with Crippen LogP contribution in [0.2, 0.25) is 0 Å². The van der Waals surface area contributed by atoms with Crippen molar-refractivity contribution in [3.05, 3.63) is 0 Å². The Kier molecular flexibility index (Phi) is 25.5. The van der Waals surface area contributed by atoms with Gasteiger partial charge in [0.1, 0.15) is 5.54 Å². The number of hydrogen-bond acceptors (Lipinski definition) is 7. The summed E-state index contributed by atoms with van der Waals surface area (Å²) in [6.45, 7) is 7.71. The lowest BCUT2D eigenvalue weighted by molar-refractivity contribution is -0.128. The molecule has 3 unspecified atom stereocenters. The zero-order valence-electron chi connectivity index (χ0n) is 25.6. The van der Waals surface area contributed by atoms with Crippen molar-refractivity contribution >= 4 is 70.0 Å². The smallest absolute Gasteiger partial charge is 0.224 e. The first-order chi connectivity index (χ1) is 20.6. The maximum Gasteiger partial charge on any atom is 0.224 e. The van der Waals surface area contributed by atoms with Crippen LogP contribution in [0.3, 0.4) is 0 Å². The highest BCUT2D eigenvalue weighted by Gasteiger charge is 2.33. The Morgan fingerprint density at radius 1 is 0.605 bits per heavy atom. The van der Waals surface area contributed by atoms with E-state index in [9.17, 15) is 19.2 Å². The molecule has 0 aliphatic heterocycles. The first-order valence-electron chi connectivity index (χ1n) is 14.7. The molecule has 43 heavy (non-hydrogen) atoms. The Morgan fingerprint density at radius 3 is 1.21 bits per heavy atom. The van der Waals surface area contributed by atoms with Gasteiger partial charge in [-0.3, -0.25) is 19.2 Å². The van der Waals surface area contributed by atoms with Gasteiger partial charge < -0.3 is 35.5 Å². The average Bonchev–Trinajstić information content (AvgIpc) is 3.00. The van der Waals surface area contributed by atoms with Crippen LogP contribution in [-0.2, 0) is 33.4 Å². The molecule has 0 saturated heterocycles. The number of alkyl halides is 4. The van der Waals surface area contributed by atoms with Crippen molar-refractivity contribution in [2.45, 2.75) is 52.0 Å². The van der Waals surface area contributed by atoms with Gasteiger partial charge in [-0.15, -0.1) is 46.4 Å². The summed E-state index contributed by atoms with van der Waals surface area (Å²) in [5.41, 5.74) is -1.02. The van der Waals surface area contributed by atoms with E-state index in [1.165, 1.54) is 0 Å². The molecular weight excluding hydrogens is 646 g/mol. The van der Waals surface area contributed by atoms with Crippen LogP contribution in [0.5, 0.6) is 0 Å². The van der Waals surface area contributed by atoms with E-state index < -0.39 is 5.54 Å². The molecule has 0 aliphatic rings. The summed E-state index contributed by atoms with van der Waals surface area (Å²) in [5.74, 6) is -0.630. The molecule has 0 aliphatic carbocycles. The molecule has 4 amide bonds. The largest absolute Gasteiger partial charge is 0.379 e. The van der Waals surface area contributed by atoms with Gasteiger partial charge in [0.15, 0.2) is 0 Å². The van der Waals surface area contributed by atoms with E-state index in [4.69, 9.17) is 60.6 Å². The molecule has 0 aromatic heterocycles. The summed E-state index contributed by atoms with van der Waals surface area (Å²) in [6.07, 6.45) is 1.75. The number of nitrogens with one attached hydrogen (secondary N) is 4. The van der Waals surface area contributed by atoms with Crippen molar-refractivity contribution in [3.8, 4) is 0 Å². The van der Waals surface area contributed by atoms with Crippen molar-refractivity contribution in [2.75, 3.05) is 82.8 Å². The average molecular weight is 697 g/mol. The zero-order valence-corrected chi connectivity index (χ0v) is 28.6. The molecule has 0 saturated carbocycles. The number of hydrogen-bond donors (Lipinski definition) is 4. The van der Waals surface area contributed by atoms with Gasteiger partial charge in [0, 0.05) is 87.1 Å². The van der Waals surface area contributed by atoms with Gasteiger partial charge in [-0.2, -0.15) is 0 Å². The van der Waals surface area contributed by atoms with Gasteiger partial charge in [0.2, 0.25) is 23.6 Å². The second-order valence-corrected chi connectivity index (χ2v) is 11.8. The lowest BCUT2D eigenvalue weighted by Crippen LogP contribution is -2.58. The lowest BCUT2D eigenvalue weighted by Gasteiger charge is -2.34. The lowest BCUT2D eigenvalue weighted by atomic mass is 10.0. The molecule has 11 nitrogen and oxygen atoms in total. The minimum atomic E-state index is -1.02. The Balaban J connectivity index is 5.12. The second kappa shape index (κ2) is 26.2. The van der Waals surface area contributed by atoms with Crippen molar-refractivity contribution in [1.82, 2.24) is 21.3 Å². The van der Waals surface area contributed by atoms with Gasteiger partial charge in [0.05, 0.1) is 19.8 Å². The first kappa shape index (κ1) is 41.9. The van der Waals surface area contributed by atoms with Crippen molar-refractivity contribution in [2.24, 2.45) is 17.8 Å². The fourth-order valence-electron chi connectivity index (χ4n) is 3.37. The summed E-state index contributed by atoms with van der Waals surface area (Å²) in [5, 5.41) is 11.4. The van der Waals surface area contributed by atoms with E-state index in [-0.39, 0.29) is 91.1 Å². The molecule has 0 fully saturated rings. The van der Waals surface area contributed by atoms with E-state index in [1.54, 1.807) is 20.8 Å². The van der Waals surface area contributed by atoms with Crippen molar-refractivity contribution < 1.29 is 33.4 Å². The molecule has 4 N–H and O–H groups in total. The molecule has 15 heteroatoms. The van der Waals surface area contributed by atoms with Gasteiger partial charge in [0.25, 0.3) is 0 Å².